The number of halogens is 2. The van der Waals surface area contributed by atoms with Crippen LogP contribution in [-0.2, 0) is 4.79 Å². The summed E-state index contributed by atoms with van der Waals surface area (Å²) < 4.78 is 13.8. The molecule has 0 aromatic heterocycles. The van der Waals surface area contributed by atoms with E-state index in [0.29, 0.717) is 23.9 Å². The third kappa shape index (κ3) is 3.32. The molecule has 2 rings (SSSR count). The van der Waals surface area contributed by atoms with Gasteiger partial charge in [0.05, 0.1) is 5.92 Å². The molecule has 4 nitrogen and oxygen atoms in total. The molecule has 1 saturated heterocycles. The maximum atomic E-state index is 13.3. The predicted molar refractivity (Wildman–Crippen MR) is 70.4 cm³/mol. The zero-order valence-corrected chi connectivity index (χ0v) is 11.7. The Morgan fingerprint density at radius 3 is 2.74 bits per heavy atom. The molecule has 1 aromatic carbocycles. The Morgan fingerprint density at radius 1 is 1.37 bits per heavy atom. The lowest BCUT2D eigenvalue weighted by Gasteiger charge is -2.30. The first-order valence-corrected chi connectivity index (χ1v) is 6.75. The molecule has 1 atom stereocenters. The molecule has 102 valence electrons. The second kappa shape index (κ2) is 5.69. The molecule has 0 aliphatic carbocycles. The van der Waals surface area contributed by atoms with E-state index in [2.05, 4.69) is 15.9 Å². The number of rotatable bonds is 2. The number of benzene rings is 1. The van der Waals surface area contributed by atoms with Crippen LogP contribution in [0.5, 0.6) is 0 Å². The Bertz CT molecular complexity index is 500. The third-order valence-corrected chi connectivity index (χ3v) is 3.63. The van der Waals surface area contributed by atoms with Gasteiger partial charge in [0.25, 0.3) is 5.91 Å². The number of aliphatic carboxylic acids is 1. The molecule has 1 amide bonds. The van der Waals surface area contributed by atoms with Gasteiger partial charge in [-0.25, -0.2) is 4.39 Å². The monoisotopic (exact) mass is 329 g/mol. The van der Waals surface area contributed by atoms with Crippen molar-refractivity contribution in [1.82, 2.24) is 4.90 Å². The van der Waals surface area contributed by atoms with Crippen molar-refractivity contribution >= 4 is 27.8 Å². The van der Waals surface area contributed by atoms with Crippen LogP contribution in [0.2, 0.25) is 0 Å². The fraction of sp³-hybridized carbons (Fsp3) is 0.385. The molecule has 0 spiro atoms. The van der Waals surface area contributed by atoms with Crippen molar-refractivity contribution in [2.24, 2.45) is 5.92 Å². The van der Waals surface area contributed by atoms with Crippen molar-refractivity contribution in [2.45, 2.75) is 12.8 Å². The van der Waals surface area contributed by atoms with Gasteiger partial charge in [-0.1, -0.05) is 15.9 Å². The van der Waals surface area contributed by atoms with Gasteiger partial charge in [0.1, 0.15) is 5.82 Å². The van der Waals surface area contributed by atoms with Crippen LogP contribution in [0.1, 0.15) is 23.2 Å². The lowest BCUT2D eigenvalue weighted by molar-refractivity contribution is -0.143. The van der Waals surface area contributed by atoms with E-state index < -0.39 is 17.7 Å². The number of likely N-dealkylation sites (tertiary alicyclic amines) is 1. The van der Waals surface area contributed by atoms with Gasteiger partial charge < -0.3 is 10.0 Å². The smallest absolute Gasteiger partial charge is 0.308 e. The van der Waals surface area contributed by atoms with E-state index in [0.717, 1.165) is 6.07 Å². The van der Waals surface area contributed by atoms with Gasteiger partial charge in [0.15, 0.2) is 0 Å². The topological polar surface area (TPSA) is 57.6 Å². The Hall–Kier alpha value is -1.43. The molecule has 0 bridgehead atoms. The molecular weight excluding hydrogens is 317 g/mol. The summed E-state index contributed by atoms with van der Waals surface area (Å²) in [5.74, 6) is -2.25. The van der Waals surface area contributed by atoms with E-state index >= 15 is 0 Å². The number of nitrogens with zero attached hydrogens (tertiary/aromatic N) is 1. The van der Waals surface area contributed by atoms with E-state index in [1.54, 1.807) is 0 Å². The molecule has 6 heteroatoms. The first-order valence-electron chi connectivity index (χ1n) is 5.95. The maximum absolute atomic E-state index is 13.3. The van der Waals surface area contributed by atoms with Crippen LogP contribution >= 0.6 is 15.9 Å². The van der Waals surface area contributed by atoms with Gasteiger partial charge in [0.2, 0.25) is 0 Å². The van der Waals surface area contributed by atoms with Gasteiger partial charge in [-0.15, -0.1) is 0 Å². The van der Waals surface area contributed by atoms with Crippen molar-refractivity contribution in [2.75, 3.05) is 13.1 Å². The zero-order chi connectivity index (χ0) is 14.0. The summed E-state index contributed by atoms with van der Waals surface area (Å²) in [4.78, 5) is 24.7. The average Bonchev–Trinajstić information content (AvgIpc) is 2.37. The van der Waals surface area contributed by atoms with Crippen LogP contribution in [-0.4, -0.2) is 35.0 Å². The number of carbonyl (C=O) groups excluding carboxylic acids is 1. The van der Waals surface area contributed by atoms with E-state index in [1.165, 1.54) is 17.0 Å². The minimum atomic E-state index is -0.891. The second-order valence-corrected chi connectivity index (χ2v) is 5.50. The number of amides is 1. The molecule has 1 aliphatic heterocycles. The number of carboxylic acids is 1. The van der Waals surface area contributed by atoms with Crippen LogP contribution in [0.15, 0.2) is 22.7 Å². The zero-order valence-electron chi connectivity index (χ0n) is 10.1. The van der Waals surface area contributed by atoms with Gasteiger partial charge in [-0.3, -0.25) is 9.59 Å². The number of piperidine rings is 1. The molecule has 1 heterocycles. The fourth-order valence-corrected chi connectivity index (χ4v) is 2.69. The van der Waals surface area contributed by atoms with Crippen molar-refractivity contribution in [3.63, 3.8) is 0 Å². The van der Waals surface area contributed by atoms with Crippen LogP contribution in [0.25, 0.3) is 0 Å². The quantitative estimate of drug-likeness (QED) is 0.907. The fourth-order valence-electron chi connectivity index (χ4n) is 2.22. The summed E-state index contributed by atoms with van der Waals surface area (Å²) in [5.41, 5.74) is 0.234. The van der Waals surface area contributed by atoms with Crippen LogP contribution in [0, 0.1) is 11.7 Å². The summed E-state index contributed by atoms with van der Waals surface area (Å²) in [6, 6.07) is 3.97. The van der Waals surface area contributed by atoms with Crippen LogP contribution < -0.4 is 0 Å². The summed E-state index contributed by atoms with van der Waals surface area (Å²) in [6.45, 7) is 0.693. The minimum absolute atomic E-state index is 0.183. The van der Waals surface area contributed by atoms with E-state index in [1.807, 2.05) is 0 Å². The van der Waals surface area contributed by atoms with Gasteiger partial charge in [-0.2, -0.15) is 0 Å². The molecule has 0 saturated carbocycles. The summed E-state index contributed by atoms with van der Waals surface area (Å²) in [6.07, 6.45) is 1.23. The highest BCUT2D eigenvalue weighted by molar-refractivity contribution is 9.10. The van der Waals surface area contributed by atoms with Crippen LogP contribution in [0.4, 0.5) is 4.39 Å². The highest BCUT2D eigenvalue weighted by atomic mass is 79.9. The van der Waals surface area contributed by atoms with Crippen molar-refractivity contribution in [3.8, 4) is 0 Å². The van der Waals surface area contributed by atoms with Crippen LogP contribution in [0.3, 0.4) is 0 Å². The summed E-state index contributed by atoms with van der Waals surface area (Å²) in [7, 11) is 0. The third-order valence-electron chi connectivity index (χ3n) is 3.17. The van der Waals surface area contributed by atoms with E-state index in [9.17, 15) is 14.0 Å². The SMILES string of the molecule is O=C(O)[C@@H]1CCCN(C(=O)c2cc(F)cc(Br)c2)C1. The van der Waals surface area contributed by atoms with E-state index in [4.69, 9.17) is 5.11 Å². The average molecular weight is 330 g/mol. The Morgan fingerprint density at radius 2 is 2.11 bits per heavy atom. The summed E-state index contributed by atoms with van der Waals surface area (Å²) in [5, 5.41) is 8.99. The normalized spacial score (nSPS) is 19.3. The molecule has 0 unspecified atom stereocenters. The molecular formula is C13H13BrFNO3. The molecule has 1 fully saturated rings. The Balaban J connectivity index is 2.16. The Labute approximate surface area is 118 Å². The highest BCUT2D eigenvalue weighted by Crippen LogP contribution is 2.21. The minimum Gasteiger partial charge on any atom is -0.481 e. The Kier molecular flexibility index (Phi) is 4.19. The first-order chi connectivity index (χ1) is 8.97. The number of carboxylic acid groups (broad SMARTS) is 1. The number of hydrogen-bond acceptors (Lipinski definition) is 2. The molecule has 1 aromatic rings. The number of carbonyl (C=O) groups is 2. The molecule has 19 heavy (non-hydrogen) atoms. The first kappa shape index (κ1) is 14.0. The highest BCUT2D eigenvalue weighted by Gasteiger charge is 2.28. The van der Waals surface area contributed by atoms with Gasteiger partial charge >= 0.3 is 5.97 Å². The lowest BCUT2D eigenvalue weighted by atomic mass is 9.97. The largest absolute Gasteiger partial charge is 0.481 e. The van der Waals surface area contributed by atoms with Crippen molar-refractivity contribution < 1.29 is 19.1 Å². The van der Waals surface area contributed by atoms with Gasteiger partial charge in [0, 0.05) is 23.1 Å². The molecule has 0 radical (unpaired) electrons. The number of hydrogen-bond donors (Lipinski definition) is 1. The maximum Gasteiger partial charge on any atom is 0.308 e. The standard InChI is InChI=1S/C13H13BrFNO3/c14-10-4-9(5-11(15)6-10)12(17)16-3-1-2-8(7-16)13(18)19/h4-6,8H,1-3,7H2,(H,18,19)/t8-/m1/s1. The second-order valence-electron chi connectivity index (χ2n) is 4.59. The molecule has 1 N–H and O–H groups in total. The van der Waals surface area contributed by atoms with Crippen molar-refractivity contribution in [3.05, 3.63) is 34.1 Å². The van der Waals surface area contributed by atoms with Gasteiger partial charge in [-0.05, 0) is 31.0 Å². The lowest BCUT2D eigenvalue weighted by Crippen LogP contribution is -2.42. The van der Waals surface area contributed by atoms with E-state index in [-0.39, 0.29) is 18.0 Å². The summed E-state index contributed by atoms with van der Waals surface area (Å²) >= 11 is 3.14. The predicted octanol–water partition coefficient (Wildman–Crippen LogP) is 2.53. The van der Waals surface area contributed by atoms with Crippen molar-refractivity contribution in [1.29, 1.82) is 0 Å². The molecule has 1 aliphatic rings.